The summed E-state index contributed by atoms with van der Waals surface area (Å²) in [5.74, 6) is 0.470. The van der Waals surface area contributed by atoms with E-state index in [1.165, 1.54) is 24.3 Å². The zero-order valence-electron chi connectivity index (χ0n) is 10.1. The van der Waals surface area contributed by atoms with Crippen molar-refractivity contribution < 1.29 is 13.9 Å². The van der Waals surface area contributed by atoms with Crippen LogP contribution in [0.2, 0.25) is 0 Å². The van der Waals surface area contributed by atoms with E-state index in [1.807, 2.05) is 0 Å². The van der Waals surface area contributed by atoms with Gasteiger partial charge in [-0.1, -0.05) is 0 Å². The van der Waals surface area contributed by atoms with Gasteiger partial charge < -0.3 is 15.8 Å². The Hall–Kier alpha value is -1.62. The molecule has 1 aliphatic rings. The minimum atomic E-state index is -0.330. The van der Waals surface area contributed by atoms with E-state index in [0.29, 0.717) is 18.2 Å². The van der Waals surface area contributed by atoms with Gasteiger partial charge in [-0.15, -0.1) is 0 Å². The highest BCUT2D eigenvalue weighted by Gasteiger charge is 2.31. The first kappa shape index (κ1) is 12.8. The molecule has 1 amide bonds. The molecule has 1 aromatic rings. The molecule has 0 saturated heterocycles. The average molecular weight is 252 g/mol. The van der Waals surface area contributed by atoms with E-state index >= 15 is 0 Å². The van der Waals surface area contributed by atoms with Crippen LogP contribution in [0, 0.1) is 11.7 Å². The molecule has 0 bridgehead atoms. The molecule has 1 saturated carbocycles. The molecule has 1 atom stereocenters. The summed E-state index contributed by atoms with van der Waals surface area (Å²) in [6, 6.07) is 5.61. The molecule has 0 aliphatic heterocycles. The van der Waals surface area contributed by atoms with Gasteiger partial charge in [-0.25, -0.2) is 4.39 Å². The molecule has 4 nitrogen and oxygen atoms in total. The highest BCUT2D eigenvalue weighted by molar-refractivity contribution is 5.77. The molecular formula is C13H17FN2O2. The van der Waals surface area contributed by atoms with Crippen molar-refractivity contribution in [1.29, 1.82) is 0 Å². The Morgan fingerprint density at radius 1 is 1.44 bits per heavy atom. The highest BCUT2D eigenvalue weighted by Crippen LogP contribution is 2.32. The number of benzene rings is 1. The molecule has 0 radical (unpaired) electrons. The number of nitrogens with one attached hydrogen (secondary N) is 1. The van der Waals surface area contributed by atoms with Crippen LogP contribution >= 0.6 is 0 Å². The van der Waals surface area contributed by atoms with Gasteiger partial charge in [-0.2, -0.15) is 0 Å². The van der Waals surface area contributed by atoms with Gasteiger partial charge in [0.05, 0.1) is 0 Å². The van der Waals surface area contributed by atoms with Crippen LogP contribution < -0.4 is 15.8 Å². The van der Waals surface area contributed by atoms with Crippen LogP contribution in [0.4, 0.5) is 4.39 Å². The Bertz CT molecular complexity index is 404. The molecule has 18 heavy (non-hydrogen) atoms. The highest BCUT2D eigenvalue weighted by atomic mass is 19.1. The van der Waals surface area contributed by atoms with Crippen molar-refractivity contribution in [1.82, 2.24) is 5.32 Å². The first-order valence-corrected chi connectivity index (χ1v) is 6.07. The molecule has 3 N–H and O–H groups in total. The van der Waals surface area contributed by atoms with Crippen molar-refractivity contribution in [3.05, 3.63) is 30.1 Å². The maximum Gasteiger partial charge on any atom is 0.258 e. The van der Waals surface area contributed by atoms with Gasteiger partial charge in [-0.05, 0) is 43.0 Å². The van der Waals surface area contributed by atoms with Gasteiger partial charge in [0.15, 0.2) is 6.61 Å². The normalized spacial score (nSPS) is 16.1. The van der Waals surface area contributed by atoms with E-state index in [0.717, 1.165) is 12.8 Å². The van der Waals surface area contributed by atoms with E-state index in [-0.39, 0.29) is 24.4 Å². The van der Waals surface area contributed by atoms with Gasteiger partial charge in [0.1, 0.15) is 11.6 Å². The molecule has 0 aromatic heterocycles. The molecule has 0 spiro atoms. The van der Waals surface area contributed by atoms with Crippen molar-refractivity contribution in [2.24, 2.45) is 11.7 Å². The van der Waals surface area contributed by atoms with Crippen molar-refractivity contribution in [2.45, 2.75) is 18.9 Å². The number of carbonyl (C=O) groups excluding carboxylic acids is 1. The molecular weight excluding hydrogens is 235 g/mol. The molecule has 98 valence electrons. The van der Waals surface area contributed by atoms with E-state index in [4.69, 9.17) is 10.5 Å². The van der Waals surface area contributed by atoms with Crippen LogP contribution in [0.25, 0.3) is 0 Å². The summed E-state index contributed by atoms with van der Waals surface area (Å²) < 4.78 is 17.9. The lowest BCUT2D eigenvalue weighted by Crippen LogP contribution is -2.43. The summed E-state index contributed by atoms with van der Waals surface area (Å²) in [7, 11) is 0. The summed E-state index contributed by atoms with van der Waals surface area (Å²) in [5.41, 5.74) is 5.59. The predicted octanol–water partition coefficient (Wildman–Crippen LogP) is 1.06. The first-order valence-electron chi connectivity index (χ1n) is 6.07. The Morgan fingerprint density at radius 2 is 2.11 bits per heavy atom. The maximum absolute atomic E-state index is 12.7. The fourth-order valence-electron chi connectivity index (χ4n) is 1.80. The Balaban J connectivity index is 1.75. The summed E-state index contributed by atoms with van der Waals surface area (Å²) in [4.78, 5) is 11.6. The largest absolute Gasteiger partial charge is 0.484 e. The van der Waals surface area contributed by atoms with Gasteiger partial charge in [0.2, 0.25) is 0 Å². The second kappa shape index (κ2) is 5.82. The zero-order chi connectivity index (χ0) is 13.0. The SMILES string of the molecule is NCC(NC(=O)COc1ccc(F)cc1)C1CC1. The fourth-order valence-corrected chi connectivity index (χ4v) is 1.80. The monoisotopic (exact) mass is 252 g/mol. The van der Waals surface area contributed by atoms with Crippen LogP contribution in [0.5, 0.6) is 5.75 Å². The van der Waals surface area contributed by atoms with E-state index in [9.17, 15) is 9.18 Å². The third-order valence-electron chi connectivity index (χ3n) is 2.97. The minimum absolute atomic E-state index is 0.0503. The number of hydrogen-bond acceptors (Lipinski definition) is 3. The van der Waals surface area contributed by atoms with Gasteiger partial charge >= 0.3 is 0 Å². The van der Waals surface area contributed by atoms with Crippen LogP contribution in [0.15, 0.2) is 24.3 Å². The summed E-state index contributed by atoms with van der Waals surface area (Å²) in [6.45, 7) is 0.377. The Kier molecular flexibility index (Phi) is 4.15. The second-order valence-corrected chi connectivity index (χ2v) is 4.49. The van der Waals surface area contributed by atoms with Gasteiger partial charge in [0, 0.05) is 12.6 Å². The topological polar surface area (TPSA) is 64.3 Å². The van der Waals surface area contributed by atoms with Crippen LogP contribution in [-0.2, 0) is 4.79 Å². The molecule has 1 aliphatic carbocycles. The average Bonchev–Trinajstić information content (AvgIpc) is 3.19. The quantitative estimate of drug-likeness (QED) is 0.795. The van der Waals surface area contributed by atoms with Crippen LogP contribution in [0.3, 0.4) is 0 Å². The summed E-state index contributed by atoms with van der Waals surface area (Å²) in [6.07, 6.45) is 2.25. The molecule has 1 aromatic carbocycles. The summed E-state index contributed by atoms with van der Waals surface area (Å²) in [5, 5.41) is 2.85. The molecule has 1 fully saturated rings. The second-order valence-electron chi connectivity index (χ2n) is 4.49. The number of carbonyl (C=O) groups is 1. The first-order chi connectivity index (χ1) is 8.69. The molecule has 0 heterocycles. The van der Waals surface area contributed by atoms with Crippen molar-refractivity contribution in [3.63, 3.8) is 0 Å². The maximum atomic E-state index is 12.7. The van der Waals surface area contributed by atoms with E-state index < -0.39 is 0 Å². The fraction of sp³-hybridized carbons (Fsp3) is 0.462. The van der Waals surface area contributed by atoms with Crippen LogP contribution in [0.1, 0.15) is 12.8 Å². The Morgan fingerprint density at radius 3 is 2.67 bits per heavy atom. The number of halogens is 1. The number of amides is 1. The third kappa shape index (κ3) is 3.70. The van der Waals surface area contributed by atoms with Crippen molar-refractivity contribution >= 4 is 5.91 Å². The predicted molar refractivity (Wildman–Crippen MR) is 65.6 cm³/mol. The van der Waals surface area contributed by atoms with Crippen molar-refractivity contribution in [3.8, 4) is 5.75 Å². The number of rotatable bonds is 6. The number of nitrogens with two attached hydrogens (primary N) is 1. The van der Waals surface area contributed by atoms with Crippen molar-refractivity contribution in [2.75, 3.05) is 13.2 Å². The zero-order valence-corrected chi connectivity index (χ0v) is 10.1. The Labute approximate surface area is 105 Å². The number of hydrogen-bond donors (Lipinski definition) is 2. The lowest BCUT2D eigenvalue weighted by molar-refractivity contribution is -0.123. The lowest BCUT2D eigenvalue weighted by atomic mass is 10.2. The minimum Gasteiger partial charge on any atom is -0.484 e. The smallest absolute Gasteiger partial charge is 0.258 e. The molecule has 2 rings (SSSR count). The lowest BCUT2D eigenvalue weighted by Gasteiger charge is -2.16. The van der Waals surface area contributed by atoms with Gasteiger partial charge in [-0.3, -0.25) is 4.79 Å². The van der Waals surface area contributed by atoms with E-state index in [1.54, 1.807) is 0 Å². The standard InChI is InChI=1S/C13H17FN2O2/c14-10-3-5-11(6-4-10)18-8-13(17)16-12(7-15)9-1-2-9/h3-6,9,12H,1-2,7-8,15H2,(H,16,17). The van der Waals surface area contributed by atoms with Crippen LogP contribution in [-0.4, -0.2) is 25.1 Å². The third-order valence-corrected chi connectivity index (χ3v) is 2.97. The molecule has 1 unspecified atom stereocenters. The van der Waals surface area contributed by atoms with Gasteiger partial charge in [0.25, 0.3) is 5.91 Å². The number of ether oxygens (including phenoxy) is 1. The summed E-state index contributed by atoms with van der Waals surface area (Å²) >= 11 is 0. The molecule has 5 heteroatoms. The van der Waals surface area contributed by atoms with E-state index in [2.05, 4.69) is 5.32 Å².